The van der Waals surface area contributed by atoms with E-state index in [1.165, 1.54) is 0 Å². The van der Waals surface area contributed by atoms with Crippen molar-refractivity contribution in [1.82, 2.24) is 21.7 Å². The van der Waals surface area contributed by atoms with E-state index in [2.05, 4.69) is 21.7 Å². The summed E-state index contributed by atoms with van der Waals surface area (Å²) in [6, 6.07) is 0. The first kappa shape index (κ1) is 21.6. The number of carboxylic acid groups (broad SMARTS) is 2. The molecule has 20 heavy (non-hydrogen) atoms. The number of carbonyl (C=O) groups is 1. The predicted molar refractivity (Wildman–Crippen MR) is 70.9 cm³/mol. The summed E-state index contributed by atoms with van der Waals surface area (Å²) >= 11 is 0. The highest BCUT2D eigenvalue weighted by molar-refractivity contribution is 5.80. The van der Waals surface area contributed by atoms with E-state index >= 15 is 0 Å². The summed E-state index contributed by atoms with van der Waals surface area (Å²) in [7, 11) is 0. The molecule has 0 saturated heterocycles. The van der Waals surface area contributed by atoms with Gasteiger partial charge >= 0.3 is 6.16 Å². The number of nitrogens with one attached hydrogen (secondary N) is 8. The van der Waals surface area contributed by atoms with Crippen LogP contribution in [0.15, 0.2) is 0 Å². The summed E-state index contributed by atoms with van der Waals surface area (Å²) in [4.78, 5) is 8.56. The van der Waals surface area contributed by atoms with E-state index in [9.17, 15) is 0 Å². The molecule has 15 nitrogen and oxygen atoms in total. The third-order valence-electron chi connectivity index (χ3n) is 0.664. The SMILES string of the molecule is N=C(N)NNC(=N)N.N=C(N)NNC(=N)N.O=C(O)O. The van der Waals surface area contributed by atoms with Gasteiger partial charge in [-0.05, 0) is 0 Å². The summed E-state index contributed by atoms with van der Waals surface area (Å²) in [6.45, 7) is 0. The molecular formula is C5H18N12O3. The lowest BCUT2D eigenvalue weighted by Gasteiger charge is -2.02. The molecule has 0 fully saturated rings. The fourth-order valence-electron chi connectivity index (χ4n) is 0.269. The molecule has 0 heterocycles. The van der Waals surface area contributed by atoms with Gasteiger partial charge in [-0.2, -0.15) is 0 Å². The van der Waals surface area contributed by atoms with Crippen molar-refractivity contribution in [2.75, 3.05) is 0 Å². The van der Waals surface area contributed by atoms with E-state index in [0.717, 1.165) is 0 Å². The smallest absolute Gasteiger partial charge is 0.450 e. The van der Waals surface area contributed by atoms with Crippen molar-refractivity contribution in [1.29, 1.82) is 21.6 Å². The second-order valence-electron chi connectivity index (χ2n) is 2.44. The van der Waals surface area contributed by atoms with E-state index in [-0.39, 0.29) is 23.8 Å². The molecule has 0 rings (SSSR count). The fraction of sp³-hybridized carbons (Fsp3) is 0. The zero-order valence-corrected chi connectivity index (χ0v) is 10.1. The topological polar surface area (TPSA) is 305 Å². The molecule has 0 aliphatic rings. The molecule has 15 heteroatoms. The van der Waals surface area contributed by atoms with Crippen LogP contribution >= 0.6 is 0 Å². The minimum absolute atomic E-state index is 0.278. The molecule has 18 N–H and O–H groups in total. The van der Waals surface area contributed by atoms with Gasteiger partial charge in [0.15, 0.2) is 0 Å². The summed E-state index contributed by atoms with van der Waals surface area (Å²) < 4.78 is 0. The van der Waals surface area contributed by atoms with Crippen molar-refractivity contribution in [3.63, 3.8) is 0 Å². The highest BCUT2D eigenvalue weighted by atomic mass is 16.6. The van der Waals surface area contributed by atoms with E-state index < -0.39 is 6.16 Å². The van der Waals surface area contributed by atoms with Gasteiger partial charge in [-0.25, -0.2) is 4.79 Å². The van der Waals surface area contributed by atoms with E-state index in [1.807, 2.05) is 0 Å². The molecular weight excluding hydrogens is 276 g/mol. The summed E-state index contributed by atoms with van der Waals surface area (Å²) in [5.41, 5.74) is 27.6. The van der Waals surface area contributed by atoms with Gasteiger partial charge in [0.2, 0.25) is 23.8 Å². The Bertz CT molecular complexity index is 293. The van der Waals surface area contributed by atoms with Gasteiger partial charge in [-0.1, -0.05) is 0 Å². The Labute approximate surface area is 112 Å². The number of hydrogen-bond acceptors (Lipinski definition) is 5. The van der Waals surface area contributed by atoms with Gasteiger partial charge in [0.25, 0.3) is 0 Å². The van der Waals surface area contributed by atoms with Gasteiger partial charge < -0.3 is 33.1 Å². The first-order valence-corrected chi connectivity index (χ1v) is 4.31. The van der Waals surface area contributed by atoms with Crippen molar-refractivity contribution >= 4 is 30.0 Å². The standard InChI is InChI=1S/2C2H8N6.CH2O3/c2*3-1(4)7-8-2(5)6;2-1(3)4/h2*(H4,3,4,7)(H4,5,6,8);(H2,2,3,4). The van der Waals surface area contributed by atoms with Crippen LogP contribution in [0, 0.1) is 21.6 Å². The quantitative estimate of drug-likeness (QED) is 0.116. The third-order valence-corrected chi connectivity index (χ3v) is 0.664. The van der Waals surface area contributed by atoms with Crippen molar-refractivity contribution in [3.8, 4) is 0 Å². The van der Waals surface area contributed by atoms with Crippen LogP contribution in [0.25, 0.3) is 0 Å². The van der Waals surface area contributed by atoms with Gasteiger partial charge in [-0.15, -0.1) is 0 Å². The van der Waals surface area contributed by atoms with E-state index in [0.29, 0.717) is 0 Å². The Morgan fingerprint density at radius 2 is 0.750 bits per heavy atom. The Morgan fingerprint density at radius 3 is 0.800 bits per heavy atom. The van der Waals surface area contributed by atoms with Crippen LogP contribution in [0.3, 0.4) is 0 Å². The van der Waals surface area contributed by atoms with Crippen LogP contribution in [0.1, 0.15) is 0 Å². The van der Waals surface area contributed by atoms with Crippen LogP contribution in [0.2, 0.25) is 0 Å². The zero-order valence-electron chi connectivity index (χ0n) is 10.1. The Hall–Kier alpha value is -3.65. The molecule has 0 unspecified atom stereocenters. The molecule has 0 aliphatic heterocycles. The lowest BCUT2D eigenvalue weighted by Crippen LogP contribution is -2.47. The van der Waals surface area contributed by atoms with Gasteiger partial charge in [-0.3, -0.25) is 43.3 Å². The molecule has 0 radical (unpaired) electrons. The molecule has 0 aromatic carbocycles. The number of hydrogen-bond donors (Lipinski definition) is 14. The van der Waals surface area contributed by atoms with Crippen LogP contribution in [0.4, 0.5) is 4.79 Å². The number of nitrogens with two attached hydrogens (primary N) is 4. The maximum atomic E-state index is 8.56. The third kappa shape index (κ3) is 63.4. The molecule has 0 aliphatic carbocycles. The summed E-state index contributed by atoms with van der Waals surface area (Å²) in [5, 5.41) is 40.1. The van der Waals surface area contributed by atoms with Gasteiger partial charge in [0.1, 0.15) is 0 Å². The summed E-state index contributed by atoms with van der Waals surface area (Å²) in [6.07, 6.45) is -1.83. The first-order valence-electron chi connectivity index (χ1n) is 4.31. The van der Waals surface area contributed by atoms with Crippen LogP contribution in [-0.2, 0) is 0 Å². The van der Waals surface area contributed by atoms with Crippen LogP contribution < -0.4 is 44.6 Å². The molecule has 0 amide bonds. The Balaban J connectivity index is -0.000000230. The normalized spacial score (nSPS) is 7.20. The minimum Gasteiger partial charge on any atom is -0.450 e. The van der Waals surface area contributed by atoms with Crippen LogP contribution in [0.5, 0.6) is 0 Å². The Morgan fingerprint density at radius 1 is 0.650 bits per heavy atom. The zero-order chi connectivity index (χ0) is 16.7. The number of rotatable bonds is 0. The second kappa shape index (κ2) is 13.4. The van der Waals surface area contributed by atoms with Gasteiger partial charge in [0, 0.05) is 0 Å². The Kier molecular flexibility index (Phi) is 14.5. The molecule has 0 atom stereocenters. The monoisotopic (exact) mass is 294 g/mol. The summed E-state index contributed by atoms with van der Waals surface area (Å²) in [5.74, 6) is -1.11. The maximum absolute atomic E-state index is 8.56. The molecule has 0 bridgehead atoms. The highest BCUT2D eigenvalue weighted by Gasteiger charge is 1.83. The first-order chi connectivity index (χ1) is 8.98. The minimum atomic E-state index is -1.83. The van der Waals surface area contributed by atoms with Crippen molar-refractivity contribution in [3.05, 3.63) is 0 Å². The lowest BCUT2D eigenvalue weighted by atomic mass is 11.0. The maximum Gasteiger partial charge on any atom is 0.503 e. The molecule has 0 aromatic heterocycles. The molecule has 0 spiro atoms. The molecule has 0 aromatic rings. The average molecular weight is 294 g/mol. The average Bonchev–Trinajstić information content (AvgIpc) is 2.23. The largest absolute Gasteiger partial charge is 0.503 e. The van der Waals surface area contributed by atoms with Crippen molar-refractivity contribution in [2.24, 2.45) is 22.9 Å². The molecule has 0 saturated carbocycles. The second-order valence-corrected chi connectivity index (χ2v) is 2.44. The predicted octanol–water partition coefficient (Wildman–Crippen LogP) is -4.04. The van der Waals surface area contributed by atoms with Crippen molar-refractivity contribution in [2.45, 2.75) is 0 Å². The van der Waals surface area contributed by atoms with E-state index in [1.54, 1.807) is 0 Å². The van der Waals surface area contributed by atoms with Crippen molar-refractivity contribution < 1.29 is 15.0 Å². The van der Waals surface area contributed by atoms with E-state index in [4.69, 9.17) is 59.6 Å². The number of guanidine groups is 4. The molecule has 116 valence electrons. The number of hydrazine groups is 2. The van der Waals surface area contributed by atoms with Crippen LogP contribution in [-0.4, -0.2) is 40.2 Å². The fourth-order valence-corrected chi connectivity index (χ4v) is 0.269. The highest BCUT2D eigenvalue weighted by Crippen LogP contribution is 1.43. The lowest BCUT2D eigenvalue weighted by molar-refractivity contribution is 0.137. The van der Waals surface area contributed by atoms with Gasteiger partial charge in [0.05, 0.1) is 0 Å².